The molecule has 1 aliphatic heterocycles. The molecular formula is C22H25F4N3. The summed E-state index contributed by atoms with van der Waals surface area (Å²) in [6.45, 7) is 7.91. The molecule has 2 aromatic rings. The van der Waals surface area contributed by atoms with Gasteiger partial charge in [-0.25, -0.2) is 9.37 Å². The molecule has 3 rings (SSSR count). The van der Waals surface area contributed by atoms with Crippen molar-refractivity contribution in [1.29, 1.82) is 0 Å². The lowest BCUT2D eigenvalue weighted by atomic mass is 9.98. The van der Waals surface area contributed by atoms with Gasteiger partial charge in [-0.2, -0.15) is 13.2 Å². The molecule has 0 bridgehead atoms. The number of likely N-dealkylation sites (tertiary alicyclic amines) is 1. The molecule has 3 nitrogen and oxygen atoms in total. The van der Waals surface area contributed by atoms with Crippen LogP contribution in [0, 0.1) is 0 Å². The Hall–Kier alpha value is -2.41. The molecule has 1 fully saturated rings. The van der Waals surface area contributed by atoms with Crippen LogP contribution in [0.4, 0.5) is 23.2 Å². The average molecular weight is 407 g/mol. The minimum Gasteiger partial charge on any atom is -0.379 e. The Labute approximate surface area is 168 Å². The van der Waals surface area contributed by atoms with Crippen LogP contribution in [0.15, 0.2) is 36.9 Å². The maximum atomic E-state index is 14.5. The van der Waals surface area contributed by atoms with Crippen LogP contribution in [0.5, 0.6) is 0 Å². The summed E-state index contributed by atoms with van der Waals surface area (Å²) in [5.74, 6) is 0. The van der Waals surface area contributed by atoms with Crippen molar-refractivity contribution in [3.8, 4) is 0 Å². The largest absolute Gasteiger partial charge is 0.417 e. The normalized spacial score (nSPS) is 21.4. The highest BCUT2D eigenvalue weighted by atomic mass is 19.4. The minimum atomic E-state index is -4.59. The molecule has 0 amide bonds. The van der Waals surface area contributed by atoms with E-state index < -0.39 is 24.0 Å². The van der Waals surface area contributed by atoms with E-state index in [1.165, 1.54) is 0 Å². The lowest BCUT2D eigenvalue weighted by Crippen LogP contribution is -2.46. The van der Waals surface area contributed by atoms with Crippen LogP contribution in [0.25, 0.3) is 21.9 Å². The van der Waals surface area contributed by atoms with Gasteiger partial charge in [-0.3, -0.25) is 0 Å². The van der Waals surface area contributed by atoms with Crippen LogP contribution in [0.3, 0.4) is 0 Å². The Balaban J connectivity index is 2.14. The summed E-state index contributed by atoms with van der Waals surface area (Å²) in [5.41, 5.74) is 0.599. The Kier molecular flexibility index (Phi) is 5.98. The molecule has 0 saturated carbocycles. The van der Waals surface area contributed by atoms with Gasteiger partial charge in [0.2, 0.25) is 0 Å². The lowest BCUT2D eigenvalue weighted by molar-refractivity contribution is -0.0688. The minimum absolute atomic E-state index is 0.199. The number of nitrogens with zero attached hydrogens (tertiary/aromatic N) is 2. The summed E-state index contributed by atoms with van der Waals surface area (Å²) in [7, 11) is 1.87. The monoisotopic (exact) mass is 407 g/mol. The zero-order chi connectivity index (χ0) is 21.3. The molecule has 1 aliphatic rings. The highest BCUT2D eigenvalue weighted by molar-refractivity contribution is 6.01. The molecule has 0 spiro atoms. The standard InChI is InChI=1S/C22H25F4N3/c1-5-13(2)20-11-16-15(21(28-20)14(3)22(24,25)26)7-6-8-18(16)27-19-9-10-29(4)12-17(19)23/h5-8,11,17,19,27H,3,9-10,12H2,1-2,4H3/b13-5+/t17?,19-/m1/s1. The number of piperidine rings is 1. The first-order valence-corrected chi connectivity index (χ1v) is 9.54. The van der Waals surface area contributed by atoms with Crippen molar-refractivity contribution in [3.05, 3.63) is 48.3 Å². The molecule has 29 heavy (non-hydrogen) atoms. The van der Waals surface area contributed by atoms with E-state index in [-0.39, 0.29) is 5.69 Å². The molecule has 2 heterocycles. The fourth-order valence-corrected chi connectivity index (χ4v) is 3.54. The van der Waals surface area contributed by atoms with E-state index in [0.717, 1.165) is 12.1 Å². The number of halogens is 4. The number of benzene rings is 1. The van der Waals surface area contributed by atoms with E-state index in [2.05, 4.69) is 16.9 Å². The molecule has 7 heteroatoms. The van der Waals surface area contributed by atoms with Crippen LogP contribution in [0.1, 0.15) is 31.7 Å². The van der Waals surface area contributed by atoms with Crippen LogP contribution < -0.4 is 5.32 Å². The SMILES string of the molecule is C=C(c1nc(/C(C)=C/C)cc2c(N[C@@H]3CCN(C)CC3F)cccc12)C(F)(F)F. The first-order chi connectivity index (χ1) is 13.6. The third-order valence-electron chi connectivity index (χ3n) is 5.43. The first kappa shape index (κ1) is 21.3. The fourth-order valence-electron chi connectivity index (χ4n) is 3.54. The smallest absolute Gasteiger partial charge is 0.379 e. The third kappa shape index (κ3) is 4.45. The van der Waals surface area contributed by atoms with Crippen molar-refractivity contribution >= 4 is 27.6 Å². The van der Waals surface area contributed by atoms with Gasteiger partial charge in [0.25, 0.3) is 0 Å². The molecule has 1 saturated heterocycles. The number of hydrogen-bond acceptors (Lipinski definition) is 3. The van der Waals surface area contributed by atoms with E-state index in [4.69, 9.17) is 0 Å². The van der Waals surface area contributed by atoms with Crippen molar-refractivity contribution < 1.29 is 17.6 Å². The molecule has 156 valence electrons. The van der Waals surface area contributed by atoms with E-state index in [9.17, 15) is 17.6 Å². The summed E-state index contributed by atoms with van der Waals surface area (Å²) in [6.07, 6.45) is -3.25. The number of allylic oxidation sites excluding steroid dienone is 3. The summed E-state index contributed by atoms with van der Waals surface area (Å²) in [4.78, 5) is 6.18. The third-order valence-corrected chi connectivity index (χ3v) is 5.43. The molecule has 0 aliphatic carbocycles. The second kappa shape index (κ2) is 8.14. The van der Waals surface area contributed by atoms with Gasteiger partial charge in [-0.15, -0.1) is 0 Å². The van der Waals surface area contributed by atoms with Gasteiger partial charge in [0.15, 0.2) is 0 Å². The van der Waals surface area contributed by atoms with Crippen molar-refractivity contribution in [2.24, 2.45) is 0 Å². The molecule has 0 radical (unpaired) electrons. The second-order valence-electron chi connectivity index (χ2n) is 7.52. The summed E-state index contributed by atoms with van der Waals surface area (Å²) >= 11 is 0. The zero-order valence-corrected chi connectivity index (χ0v) is 16.8. The number of fused-ring (bicyclic) bond motifs is 1. The highest BCUT2D eigenvalue weighted by Crippen LogP contribution is 2.38. The number of alkyl halides is 4. The van der Waals surface area contributed by atoms with E-state index in [1.54, 1.807) is 44.2 Å². The predicted octanol–water partition coefficient (Wildman–Crippen LogP) is 5.69. The van der Waals surface area contributed by atoms with Crippen molar-refractivity contribution in [2.75, 3.05) is 25.5 Å². The van der Waals surface area contributed by atoms with Crippen LogP contribution in [-0.4, -0.2) is 48.4 Å². The van der Waals surface area contributed by atoms with Crippen molar-refractivity contribution in [1.82, 2.24) is 9.88 Å². The zero-order valence-electron chi connectivity index (χ0n) is 16.8. The fraction of sp³-hybridized carbons (Fsp3) is 0.409. The number of aromatic nitrogens is 1. The van der Waals surface area contributed by atoms with Gasteiger partial charge in [0.05, 0.1) is 23.0 Å². The quantitative estimate of drug-likeness (QED) is 0.660. The van der Waals surface area contributed by atoms with Crippen molar-refractivity contribution in [2.45, 2.75) is 38.7 Å². The Morgan fingerprint density at radius 1 is 1.31 bits per heavy atom. The highest BCUT2D eigenvalue weighted by Gasteiger charge is 2.35. The Morgan fingerprint density at radius 2 is 2.03 bits per heavy atom. The molecule has 1 aromatic heterocycles. The predicted molar refractivity (Wildman–Crippen MR) is 111 cm³/mol. The number of nitrogens with one attached hydrogen (secondary N) is 1. The van der Waals surface area contributed by atoms with Crippen molar-refractivity contribution in [3.63, 3.8) is 0 Å². The van der Waals surface area contributed by atoms with Gasteiger partial charge >= 0.3 is 6.18 Å². The molecule has 1 N–H and O–H groups in total. The Morgan fingerprint density at radius 3 is 2.66 bits per heavy atom. The number of rotatable bonds is 4. The summed E-state index contributed by atoms with van der Waals surface area (Å²) in [6, 6.07) is 6.37. The van der Waals surface area contributed by atoms with Crippen LogP contribution >= 0.6 is 0 Å². The first-order valence-electron chi connectivity index (χ1n) is 9.54. The van der Waals surface area contributed by atoms with Crippen LogP contribution in [-0.2, 0) is 0 Å². The maximum Gasteiger partial charge on any atom is 0.417 e. The number of hydrogen-bond donors (Lipinski definition) is 1. The van der Waals surface area contributed by atoms with E-state index in [1.807, 2.05) is 11.9 Å². The molecule has 1 aromatic carbocycles. The molecule has 1 unspecified atom stereocenters. The lowest BCUT2D eigenvalue weighted by Gasteiger charge is -2.33. The van der Waals surface area contributed by atoms with Gasteiger partial charge < -0.3 is 10.2 Å². The van der Waals surface area contributed by atoms with Gasteiger partial charge in [0, 0.05) is 29.5 Å². The Bertz CT molecular complexity index is 949. The second-order valence-corrected chi connectivity index (χ2v) is 7.52. The molecular weight excluding hydrogens is 382 g/mol. The number of pyridine rings is 1. The summed E-state index contributed by atoms with van der Waals surface area (Å²) in [5, 5.41) is 4.14. The van der Waals surface area contributed by atoms with Gasteiger partial charge in [0.1, 0.15) is 6.17 Å². The average Bonchev–Trinajstić information content (AvgIpc) is 2.67. The maximum absolute atomic E-state index is 14.5. The number of anilines is 1. The topological polar surface area (TPSA) is 28.2 Å². The summed E-state index contributed by atoms with van der Waals surface area (Å²) < 4.78 is 54.8. The van der Waals surface area contributed by atoms with E-state index in [0.29, 0.717) is 35.1 Å². The molecule has 2 atom stereocenters. The van der Waals surface area contributed by atoms with E-state index >= 15 is 0 Å². The van der Waals surface area contributed by atoms with Gasteiger partial charge in [-0.1, -0.05) is 24.8 Å². The van der Waals surface area contributed by atoms with Crippen LogP contribution in [0.2, 0.25) is 0 Å². The van der Waals surface area contributed by atoms with Gasteiger partial charge in [-0.05, 0) is 45.0 Å².